The number of hydrogen-bond donors (Lipinski definition) is 0. The summed E-state index contributed by atoms with van der Waals surface area (Å²) in [5.41, 5.74) is 6.04. The molecule has 0 N–H and O–H groups in total. The molecule has 0 aliphatic carbocycles. The minimum absolute atomic E-state index is 0.196. The SMILES string of the molecule is Clc1nc(-c2cccc(-c3cccc4c3sc3ccccc34)c2)c2oc3ccc(Br)cc3c2n1. The molecule has 0 spiro atoms. The maximum absolute atomic E-state index is 6.38. The molecule has 0 aliphatic heterocycles. The largest absolute Gasteiger partial charge is 0.452 e. The van der Waals surface area contributed by atoms with Crippen LogP contribution in [-0.4, -0.2) is 9.97 Å². The molecule has 3 nitrogen and oxygen atoms in total. The van der Waals surface area contributed by atoms with Crippen molar-refractivity contribution in [1.82, 2.24) is 9.97 Å². The highest BCUT2D eigenvalue weighted by Crippen LogP contribution is 2.41. The van der Waals surface area contributed by atoms with E-state index in [2.05, 4.69) is 86.6 Å². The van der Waals surface area contributed by atoms with Crippen LogP contribution in [-0.2, 0) is 0 Å². The molecule has 0 amide bonds. The highest BCUT2D eigenvalue weighted by Gasteiger charge is 2.18. The third-order valence-electron chi connectivity index (χ3n) is 6.10. The molecule has 34 heavy (non-hydrogen) atoms. The second-order valence-electron chi connectivity index (χ2n) is 8.12. The molecule has 0 saturated carbocycles. The first kappa shape index (κ1) is 20.2. The van der Waals surface area contributed by atoms with Crippen LogP contribution in [0.15, 0.2) is 93.8 Å². The fourth-order valence-electron chi connectivity index (χ4n) is 4.59. The highest BCUT2D eigenvalue weighted by molar-refractivity contribution is 9.10. The van der Waals surface area contributed by atoms with Gasteiger partial charge < -0.3 is 4.42 Å². The van der Waals surface area contributed by atoms with Gasteiger partial charge in [0.15, 0.2) is 5.58 Å². The third-order valence-corrected chi connectivity index (χ3v) is 7.98. The summed E-state index contributed by atoms with van der Waals surface area (Å²) in [7, 11) is 0. The summed E-state index contributed by atoms with van der Waals surface area (Å²) < 4.78 is 9.73. The Morgan fingerprint density at radius 1 is 0.765 bits per heavy atom. The van der Waals surface area contributed by atoms with Crippen LogP contribution < -0.4 is 0 Å². The Balaban J connectivity index is 1.46. The van der Waals surface area contributed by atoms with Crippen molar-refractivity contribution in [2.24, 2.45) is 0 Å². The Kier molecular flexibility index (Phi) is 4.53. The monoisotopic (exact) mass is 540 g/mol. The first-order valence-electron chi connectivity index (χ1n) is 10.7. The molecule has 4 aromatic carbocycles. The normalized spacial score (nSPS) is 11.8. The molecule has 162 valence electrons. The fourth-order valence-corrected chi connectivity index (χ4v) is 6.36. The summed E-state index contributed by atoms with van der Waals surface area (Å²) in [5.74, 6) is 0. The van der Waals surface area contributed by atoms with Crippen molar-refractivity contribution >= 4 is 81.1 Å². The van der Waals surface area contributed by atoms with Gasteiger partial charge in [0.2, 0.25) is 5.28 Å². The van der Waals surface area contributed by atoms with Crippen LogP contribution in [0.3, 0.4) is 0 Å². The molecule has 7 aromatic rings. The zero-order valence-electron chi connectivity index (χ0n) is 17.5. The lowest BCUT2D eigenvalue weighted by Gasteiger charge is -2.07. The molecule has 3 heterocycles. The third kappa shape index (κ3) is 3.08. The first-order chi connectivity index (χ1) is 16.7. The first-order valence-corrected chi connectivity index (χ1v) is 12.7. The number of nitrogens with zero attached hydrogens (tertiary/aromatic N) is 2. The van der Waals surface area contributed by atoms with E-state index < -0.39 is 0 Å². The van der Waals surface area contributed by atoms with Crippen molar-refractivity contribution in [2.75, 3.05) is 0 Å². The molecule has 0 atom stereocenters. The molecule has 0 bridgehead atoms. The van der Waals surface area contributed by atoms with Crippen LogP contribution in [0.1, 0.15) is 0 Å². The summed E-state index contributed by atoms with van der Waals surface area (Å²) in [5, 5.41) is 3.67. The summed E-state index contributed by atoms with van der Waals surface area (Å²) in [6.45, 7) is 0. The number of thiophene rings is 1. The van der Waals surface area contributed by atoms with E-state index in [1.54, 1.807) is 0 Å². The van der Waals surface area contributed by atoms with E-state index >= 15 is 0 Å². The van der Waals surface area contributed by atoms with Crippen LogP contribution in [0, 0.1) is 0 Å². The van der Waals surface area contributed by atoms with E-state index in [1.165, 1.54) is 25.7 Å². The van der Waals surface area contributed by atoms with Crippen LogP contribution in [0.2, 0.25) is 5.28 Å². The summed E-state index contributed by atoms with van der Waals surface area (Å²) in [6.07, 6.45) is 0. The Morgan fingerprint density at radius 3 is 2.53 bits per heavy atom. The number of furan rings is 1. The standard InChI is InChI=1S/C28H14BrClN2OS/c29-17-11-12-22-21(14-17)25-26(33-22)24(31-28(30)32-25)16-6-3-5-15(13-16)18-8-4-9-20-19-7-1-2-10-23(19)34-27(18)20/h1-14H. The van der Waals surface area contributed by atoms with Crippen LogP contribution in [0.4, 0.5) is 0 Å². The Hall–Kier alpha value is -3.25. The van der Waals surface area contributed by atoms with E-state index in [9.17, 15) is 0 Å². The Bertz CT molecular complexity index is 1910. The molecular formula is C28H14BrClN2OS. The van der Waals surface area contributed by atoms with Gasteiger partial charge in [-0.25, -0.2) is 9.97 Å². The molecule has 7 rings (SSSR count). The zero-order valence-corrected chi connectivity index (χ0v) is 20.7. The smallest absolute Gasteiger partial charge is 0.223 e. The molecule has 3 aromatic heterocycles. The van der Waals surface area contributed by atoms with Crippen LogP contribution in [0.5, 0.6) is 0 Å². The summed E-state index contributed by atoms with van der Waals surface area (Å²) in [6, 6.07) is 29.3. The fraction of sp³-hybridized carbons (Fsp3) is 0. The van der Waals surface area contributed by atoms with E-state index in [4.69, 9.17) is 16.0 Å². The van der Waals surface area contributed by atoms with Crippen molar-refractivity contribution < 1.29 is 4.42 Å². The molecular weight excluding hydrogens is 528 g/mol. The van der Waals surface area contributed by atoms with Crippen molar-refractivity contribution in [3.8, 4) is 22.4 Å². The number of rotatable bonds is 2. The van der Waals surface area contributed by atoms with Gasteiger partial charge in [-0.3, -0.25) is 0 Å². The number of fused-ring (bicyclic) bond motifs is 6. The number of hydrogen-bond acceptors (Lipinski definition) is 4. The van der Waals surface area contributed by atoms with Crippen LogP contribution in [0.25, 0.3) is 64.6 Å². The lowest BCUT2D eigenvalue weighted by Crippen LogP contribution is -1.90. The quantitative estimate of drug-likeness (QED) is 0.205. The van der Waals surface area contributed by atoms with Gasteiger partial charge in [0.25, 0.3) is 0 Å². The van der Waals surface area contributed by atoms with Gasteiger partial charge in [-0.1, -0.05) is 70.5 Å². The summed E-state index contributed by atoms with van der Waals surface area (Å²) >= 11 is 11.7. The van der Waals surface area contributed by atoms with Gasteiger partial charge in [-0.05, 0) is 53.1 Å². The minimum atomic E-state index is 0.196. The predicted molar refractivity (Wildman–Crippen MR) is 146 cm³/mol. The van der Waals surface area contributed by atoms with Gasteiger partial charge in [-0.15, -0.1) is 11.3 Å². The van der Waals surface area contributed by atoms with Gasteiger partial charge in [0.1, 0.15) is 16.8 Å². The Labute approximate surface area is 211 Å². The topological polar surface area (TPSA) is 38.9 Å². The predicted octanol–water partition coefficient (Wildman–Crippen LogP) is 9.49. The molecule has 0 radical (unpaired) electrons. The molecule has 0 unspecified atom stereocenters. The average molecular weight is 542 g/mol. The van der Waals surface area contributed by atoms with E-state index in [0.717, 1.165) is 26.6 Å². The second-order valence-corrected chi connectivity index (χ2v) is 10.4. The van der Waals surface area contributed by atoms with E-state index in [0.29, 0.717) is 16.8 Å². The lowest BCUT2D eigenvalue weighted by atomic mass is 9.99. The molecule has 0 saturated heterocycles. The van der Waals surface area contributed by atoms with Gasteiger partial charge in [0, 0.05) is 35.6 Å². The second kappa shape index (κ2) is 7.64. The maximum atomic E-state index is 6.38. The zero-order chi connectivity index (χ0) is 22.8. The highest BCUT2D eigenvalue weighted by atomic mass is 79.9. The maximum Gasteiger partial charge on any atom is 0.223 e. The lowest BCUT2D eigenvalue weighted by molar-refractivity contribution is 0.667. The van der Waals surface area contributed by atoms with Crippen molar-refractivity contribution in [3.05, 3.63) is 94.7 Å². The molecule has 0 fully saturated rings. The molecule has 6 heteroatoms. The number of halogens is 2. The number of benzene rings is 4. The van der Waals surface area contributed by atoms with E-state index in [-0.39, 0.29) is 5.28 Å². The van der Waals surface area contributed by atoms with Crippen molar-refractivity contribution in [2.45, 2.75) is 0 Å². The van der Waals surface area contributed by atoms with Gasteiger partial charge >= 0.3 is 0 Å². The summed E-state index contributed by atoms with van der Waals surface area (Å²) in [4.78, 5) is 9.05. The van der Waals surface area contributed by atoms with Gasteiger partial charge in [-0.2, -0.15) is 0 Å². The van der Waals surface area contributed by atoms with Gasteiger partial charge in [0.05, 0.1) is 0 Å². The van der Waals surface area contributed by atoms with E-state index in [1.807, 2.05) is 35.6 Å². The van der Waals surface area contributed by atoms with Crippen molar-refractivity contribution in [1.29, 1.82) is 0 Å². The van der Waals surface area contributed by atoms with Crippen molar-refractivity contribution in [3.63, 3.8) is 0 Å². The Morgan fingerprint density at radius 2 is 1.59 bits per heavy atom. The minimum Gasteiger partial charge on any atom is -0.452 e. The average Bonchev–Trinajstić information content (AvgIpc) is 3.42. The van der Waals surface area contributed by atoms with Crippen LogP contribution >= 0.6 is 38.9 Å². The number of aromatic nitrogens is 2. The molecule has 0 aliphatic rings.